The molecule has 116 valence electrons. The molecule has 20 heavy (non-hydrogen) atoms. The summed E-state index contributed by atoms with van der Waals surface area (Å²) in [6.07, 6.45) is 6.30. The Morgan fingerprint density at radius 3 is 2.50 bits per heavy atom. The van der Waals surface area contributed by atoms with Gasteiger partial charge in [-0.3, -0.25) is 4.90 Å². The molecule has 2 unspecified atom stereocenters. The largest absolute Gasteiger partial charge is 0.391 e. The number of aliphatic hydroxyl groups excluding tert-OH is 1. The number of rotatable bonds is 3. The molecule has 0 aromatic carbocycles. The van der Waals surface area contributed by atoms with Gasteiger partial charge in [0.15, 0.2) is 0 Å². The molecule has 0 bridgehead atoms. The highest BCUT2D eigenvalue weighted by molar-refractivity contribution is 5.74. The summed E-state index contributed by atoms with van der Waals surface area (Å²) in [5.74, 6) is 0. The van der Waals surface area contributed by atoms with Crippen LogP contribution in [0.3, 0.4) is 0 Å². The van der Waals surface area contributed by atoms with Crippen molar-refractivity contribution in [3.05, 3.63) is 0 Å². The van der Waals surface area contributed by atoms with Gasteiger partial charge in [-0.15, -0.1) is 0 Å². The molecule has 1 aliphatic heterocycles. The summed E-state index contributed by atoms with van der Waals surface area (Å²) in [5.41, 5.74) is 0. The first-order chi connectivity index (χ1) is 9.61. The number of aliphatic hydroxyl groups is 1. The van der Waals surface area contributed by atoms with Gasteiger partial charge in [0.05, 0.1) is 6.10 Å². The fraction of sp³-hybridized carbons (Fsp3) is 0.933. The normalized spacial score (nSPS) is 29.1. The third-order valence-corrected chi connectivity index (χ3v) is 4.84. The number of nitrogens with zero attached hydrogens (tertiary/aromatic N) is 2. The number of carbonyl (C=O) groups is 1. The highest BCUT2D eigenvalue weighted by Gasteiger charge is 2.31. The number of hydrogen-bond acceptors (Lipinski definition) is 3. The summed E-state index contributed by atoms with van der Waals surface area (Å²) >= 11 is 0. The predicted octanol–water partition coefficient (Wildman–Crippen LogP) is 1.42. The molecule has 0 spiro atoms. The molecule has 5 nitrogen and oxygen atoms in total. The van der Waals surface area contributed by atoms with Crippen LogP contribution in [0, 0.1) is 0 Å². The lowest BCUT2D eigenvalue weighted by Crippen LogP contribution is -2.53. The SMILES string of the molecule is CCN(C)C(=O)NC1CCN(C2CCCCC2O)CC1. The quantitative estimate of drug-likeness (QED) is 0.823. The Hall–Kier alpha value is -0.810. The summed E-state index contributed by atoms with van der Waals surface area (Å²) < 4.78 is 0. The second-order valence-corrected chi connectivity index (χ2v) is 6.19. The second kappa shape index (κ2) is 7.27. The first-order valence-electron chi connectivity index (χ1n) is 8.05. The van der Waals surface area contributed by atoms with Crippen molar-refractivity contribution in [2.75, 3.05) is 26.7 Å². The maximum Gasteiger partial charge on any atom is 0.317 e. The zero-order chi connectivity index (χ0) is 14.5. The van der Waals surface area contributed by atoms with Gasteiger partial charge in [-0.25, -0.2) is 4.79 Å². The smallest absolute Gasteiger partial charge is 0.317 e. The Balaban J connectivity index is 1.76. The Labute approximate surface area is 122 Å². The Kier molecular flexibility index (Phi) is 5.66. The van der Waals surface area contributed by atoms with Crippen LogP contribution in [-0.4, -0.2) is 65.8 Å². The van der Waals surface area contributed by atoms with Gasteiger partial charge in [0.1, 0.15) is 0 Å². The summed E-state index contributed by atoms with van der Waals surface area (Å²) in [6.45, 7) is 4.69. The molecule has 2 atom stereocenters. The molecule has 0 aromatic rings. The van der Waals surface area contributed by atoms with Gasteiger partial charge >= 0.3 is 6.03 Å². The molecule has 5 heteroatoms. The van der Waals surface area contributed by atoms with Gasteiger partial charge in [-0.05, 0) is 32.6 Å². The van der Waals surface area contributed by atoms with Crippen molar-refractivity contribution in [1.29, 1.82) is 0 Å². The van der Waals surface area contributed by atoms with Crippen LogP contribution in [0.1, 0.15) is 45.4 Å². The van der Waals surface area contributed by atoms with E-state index in [4.69, 9.17) is 0 Å². The van der Waals surface area contributed by atoms with Crippen LogP contribution in [0.2, 0.25) is 0 Å². The van der Waals surface area contributed by atoms with Crippen molar-refractivity contribution < 1.29 is 9.90 Å². The van der Waals surface area contributed by atoms with Crippen molar-refractivity contribution >= 4 is 6.03 Å². The molecule has 2 fully saturated rings. The number of piperidine rings is 1. The van der Waals surface area contributed by atoms with Crippen LogP contribution in [0.5, 0.6) is 0 Å². The van der Waals surface area contributed by atoms with Crippen molar-refractivity contribution in [3.8, 4) is 0 Å². The van der Waals surface area contributed by atoms with Crippen LogP contribution >= 0.6 is 0 Å². The van der Waals surface area contributed by atoms with Gasteiger partial charge in [-0.2, -0.15) is 0 Å². The number of amides is 2. The lowest BCUT2D eigenvalue weighted by atomic mass is 9.89. The molecule has 2 aliphatic rings. The minimum absolute atomic E-state index is 0.0312. The number of nitrogens with one attached hydrogen (secondary N) is 1. The molecule has 2 N–H and O–H groups in total. The predicted molar refractivity (Wildman–Crippen MR) is 79.7 cm³/mol. The van der Waals surface area contributed by atoms with Gasteiger partial charge in [0.25, 0.3) is 0 Å². The van der Waals surface area contributed by atoms with E-state index in [1.807, 2.05) is 14.0 Å². The first-order valence-corrected chi connectivity index (χ1v) is 8.05. The van der Waals surface area contributed by atoms with E-state index in [0.29, 0.717) is 6.04 Å². The lowest BCUT2D eigenvalue weighted by Gasteiger charge is -2.41. The highest BCUT2D eigenvalue weighted by atomic mass is 16.3. The van der Waals surface area contributed by atoms with Crippen LogP contribution in [0.15, 0.2) is 0 Å². The monoisotopic (exact) mass is 283 g/mol. The summed E-state index contributed by atoms with van der Waals surface area (Å²) in [5, 5.41) is 13.2. The van der Waals surface area contributed by atoms with E-state index in [9.17, 15) is 9.90 Å². The van der Waals surface area contributed by atoms with E-state index in [2.05, 4.69) is 10.2 Å². The third-order valence-electron chi connectivity index (χ3n) is 4.84. The van der Waals surface area contributed by atoms with E-state index in [-0.39, 0.29) is 18.2 Å². The Morgan fingerprint density at radius 2 is 1.90 bits per heavy atom. The maximum atomic E-state index is 11.8. The first kappa shape index (κ1) is 15.6. The lowest BCUT2D eigenvalue weighted by molar-refractivity contribution is 0.00758. The van der Waals surface area contributed by atoms with Gasteiger partial charge in [-0.1, -0.05) is 12.8 Å². The van der Waals surface area contributed by atoms with E-state index in [0.717, 1.165) is 51.7 Å². The summed E-state index contributed by atoms with van der Waals surface area (Å²) in [4.78, 5) is 16.0. The third kappa shape index (κ3) is 3.85. The zero-order valence-electron chi connectivity index (χ0n) is 12.8. The fourth-order valence-corrected chi connectivity index (χ4v) is 3.32. The van der Waals surface area contributed by atoms with Crippen molar-refractivity contribution in [1.82, 2.24) is 15.1 Å². The number of carbonyl (C=O) groups excluding carboxylic acids is 1. The number of likely N-dealkylation sites (tertiary alicyclic amines) is 1. The van der Waals surface area contributed by atoms with E-state index in [1.165, 1.54) is 6.42 Å². The van der Waals surface area contributed by atoms with Crippen molar-refractivity contribution in [2.45, 2.75) is 63.6 Å². The van der Waals surface area contributed by atoms with E-state index >= 15 is 0 Å². The zero-order valence-corrected chi connectivity index (χ0v) is 12.8. The molecule has 0 aromatic heterocycles. The summed E-state index contributed by atoms with van der Waals surface area (Å²) in [7, 11) is 1.82. The minimum atomic E-state index is -0.152. The molecule has 1 heterocycles. The van der Waals surface area contributed by atoms with Crippen LogP contribution < -0.4 is 5.32 Å². The van der Waals surface area contributed by atoms with Crippen LogP contribution in [0.25, 0.3) is 0 Å². The Morgan fingerprint density at radius 1 is 1.25 bits per heavy atom. The molecule has 2 rings (SSSR count). The molecule has 0 radical (unpaired) electrons. The van der Waals surface area contributed by atoms with Crippen molar-refractivity contribution in [3.63, 3.8) is 0 Å². The van der Waals surface area contributed by atoms with E-state index in [1.54, 1.807) is 4.90 Å². The van der Waals surface area contributed by atoms with Gasteiger partial charge in [0.2, 0.25) is 0 Å². The standard InChI is InChI=1S/C15H29N3O2/c1-3-17(2)15(20)16-12-8-10-18(11-9-12)13-6-4-5-7-14(13)19/h12-14,19H,3-11H2,1-2H3,(H,16,20). The van der Waals surface area contributed by atoms with E-state index < -0.39 is 0 Å². The average molecular weight is 283 g/mol. The number of hydrogen-bond donors (Lipinski definition) is 2. The van der Waals surface area contributed by atoms with Gasteiger partial charge < -0.3 is 15.3 Å². The minimum Gasteiger partial charge on any atom is -0.391 e. The van der Waals surface area contributed by atoms with Gasteiger partial charge in [0, 0.05) is 38.8 Å². The molecule has 1 saturated heterocycles. The second-order valence-electron chi connectivity index (χ2n) is 6.19. The molecule has 1 saturated carbocycles. The topological polar surface area (TPSA) is 55.8 Å². The van der Waals surface area contributed by atoms with Crippen molar-refractivity contribution in [2.24, 2.45) is 0 Å². The van der Waals surface area contributed by atoms with Crippen LogP contribution in [-0.2, 0) is 0 Å². The maximum absolute atomic E-state index is 11.8. The van der Waals surface area contributed by atoms with Crippen LogP contribution in [0.4, 0.5) is 4.79 Å². The summed E-state index contributed by atoms with van der Waals surface area (Å²) in [6, 6.07) is 0.663. The molecule has 1 aliphatic carbocycles. The fourth-order valence-electron chi connectivity index (χ4n) is 3.32. The Bertz CT molecular complexity index is 316. The molecular weight excluding hydrogens is 254 g/mol. The number of urea groups is 1. The average Bonchev–Trinajstić information content (AvgIpc) is 2.48. The molecule has 2 amide bonds. The molecular formula is C15H29N3O2. The highest BCUT2D eigenvalue weighted by Crippen LogP contribution is 2.25.